The van der Waals surface area contributed by atoms with Gasteiger partial charge in [-0.1, -0.05) is 35.9 Å². The van der Waals surface area contributed by atoms with Crippen molar-refractivity contribution in [3.05, 3.63) is 82.2 Å². The summed E-state index contributed by atoms with van der Waals surface area (Å²) in [5.41, 5.74) is 5.62. The monoisotopic (exact) mass is 426 g/mol. The molecular weight excluding hydrogens is 403 g/mol. The van der Waals surface area contributed by atoms with Crippen LogP contribution in [0.2, 0.25) is 0 Å². The molecule has 0 aliphatic carbocycles. The summed E-state index contributed by atoms with van der Waals surface area (Å²) >= 11 is 0. The molecule has 30 heavy (non-hydrogen) atoms. The fourth-order valence-corrected chi connectivity index (χ4v) is 5.23. The van der Waals surface area contributed by atoms with Crippen LogP contribution in [0, 0.1) is 33.5 Å². The van der Waals surface area contributed by atoms with E-state index in [4.69, 9.17) is 8.92 Å². The number of fused-ring (bicyclic) bond motifs is 1. The van der Waals surface area contributed by atoms with Gasteiger partial charge >= 0.3 is 10.1 Å². The van der Waals surface area contributed by atoms with Gasteiger partial charge in [-0.25, -0.2) is 8.57 Å². The van der Waals surface area contributed by atoms with E-state index in [0.29, 0.717) is 22.4 Å². The third-order valence-electron chi connectivity index (χ3n) is 5.35. The van der Waals surface area contributed by atoms with E-state index >= 15 is 0 Å². The van der Waals surface area contributed by atoms with Crippen molar-refractivity contribution in [3.63, 3.8) is 0 Å². The molecule has 0 saturated heterocycles. The number of rotatable bonds is 4. The summed E-state index contributed by atoms with van der Waals surface area (Å²) in [5, 5.41) is 0. The second-order valence-corrected chi connectivity index (χ2v) is 9.32. The zero-order valence-corrected chi connectivity index (χ0v) is 18.1. The number of benzene rings is 3. The Morgan fingerprint density at radius 2 is 1.67 bits per heavy atom. The second-order valence-electron chi connectivity index (χ2n) is 7.78. The van der Waals surface area contributed by atoms with Crippen LogP contribution < -0.4 is 4.74 Å². The van der Waals surface area contributed by atoms with Gasteiger partial charge in [-0.2, -0.15) is 8.42 Å². The lowest BCUT2D eigenvalue weighted by atomic mass is 9.93. The Morgan fingerprint density at radius 1 is 0.967 bits per heavy atom. The highest BCUT2D eigenvalue weighted by Gasteiger charge is 2.33. The van der Waals surface area contributed by atoms with E-state index in [2.05, 4.69) is 0 Å². The maximum Gasteiger partial charge on any atom is 0.300 e. The Kier molecular flexibility index (Phi) is 5.16. The third-order valence-corrected chi connectivity index (χ3v) is 6.82. The highest BCUT2D eigenvalue weighted by Crippen LogP contribution is 2.42. The maximum absolute atomic E-state index is 14.4. The largest absolute Gasteiger partial charge is 0.462 e. The van der Waals surface area contributed by atoms with Crippen LogP contribution in [0.25, 0.3) is 11.1 Å². The summed E-state index contributed by atoms with van der Waals surface area (Å²) in [5.74, 6) is 0.0718. The highest BCUT2D eigenvalue weighted by atomic mass is 32.2. The van der Waals surface area contributed by atoms with Gasteiger partial charge in [0.05, 0.1) is 4.90 Å². The first-order valence-corrected chi connectivity index (χ1v) is 11.1. The van der Waals surface area contributed by atoms with E-state index in [1.165, 1.54) is 18.2 Å². The van der Waals surface area contributed by atoms with Crippen molar-refractivity contribution in [1.29, 1.82) is 0 Å². The first-order chi connectivity index (χ1) is 14.2. The van der Waals surface area contributed by atoms with E-state index in [0.717, 1.165) is 22.3 Å². The summed E-state index contributed by atoms with van der Waals surface area (Å²) < 4.78 is 51.3. The van der Waals surface area contributed by atoms with Crippen molar-refractivity contribution < 1.29 is 21.7 Å². The van der Waals surface area contributed by atoms with Gasteiger partial charge in [-0.3, -0.25) is 0 Å². The number of ether oxygens (including phenoxy) is 1. The molecule has 3 aromatic rings. The molecule has 1 heterocycles. The normalized spacial score (nSPS) is 15.7. The van der Waals surface area contributed by atoms with E-state index in [1.54, 1.807) is 19.1 Å². The molecule has 1 unspecified atom stereocenters. The molecule has 0 N–H and O–H groups in total. The van der Waals surface area contributed by atoms with E-state index in [1.807, 2.05) is 39.0 Å². The molecule has 0 spiro atoms. The first-order valence-electron chi connectivity index (χ1n) is 9.72. The number of hydrogen-bond acceptors (Lipinski definition) is 4. The van der Waals surface area contributed by atoms with Crippen LogP contribution >= 0.6 is 0 Å². The Morgan fingerprint density at radius 3 is 2.33 bits per heavy atom. The molecule has 0 radical (unpaired) electrons. The molecule has 0 fully saturated rings. The van der Waals surface area contributed by atoms with Crippen molar-refractivity contribution in [2.75, 3.05) is 0 Å². The Balaban J connectivity index is 1.69. The second kappa shape index (κ2) is 7.52. The van der Waals surface area contributed by atoms with Crippen molar-refractivity contribution in [2.45, 2.75) is 45.3 Å². The molecule has 156 valence electrons. The van der Waals surface area contributed by atoms with Crippen LogP contribution in [0.4, 0.5) is 4.39 Å². The zero-order valence-electron chi connectivity index (χ0n) is 17.3. The average molecular weight is 427 g/mol. The minimum absolute atomic E-state index is 0.105. The minimum Gasteiger partial charge on any atom is -0.462 e. The van der Waals surface area contributed by atoms with Gasteiger partial charge in [0.25, 0.3) is 0 Å². The van der Waals surface area contributed by atoms with Crippen molar-refractivity contribution in [2.24, 2.45) is 0 Å². The molecule has 3 aromatic carbocycles. The average Bonchev–Trinajstić information content (AvgIpc) is 3.02. The predicted octanol–water partition coefficient (Wildman–Crippen LogP) is 5.39. The summed E-state index contributed by atoms with van der Waals surface area (Å²) in [4.78, 5) is 0.105. The lowest BCUT2D eigenvalue weighted by Crippen LogP contribution is -2.23. The van der Waals surface area contributed by atoms with E-state index < -0.39 is 22.2 Å². The van der Waals surface area contributed by atoms with Crippen LogP contribution in [0.3, 0.4) is 0 Å². The van der Waals surface area contributed by atoms with Crippen molar-refractivity contribution >= 4 is 10.1 Å². The molecule has 0 bridgehead atoms. The zero-order chi connectivity index (χ0) is 21.6. The van der Waals surface area contributed by atoms with Gasteiger partial charge < -0.3 is 4.74 Å². The fraction of sp³-hybridized carbons (Fsp3) is 0.250. The van der Waals surface area contributed by atoms with Gasteiger partial charge in [-0.15, -0.1) is 0 Å². The SMILES string of the molecule is Cc1ccc(S(=O)(=O)OC2Cc3cc(F)cc(-c4c(C)cccc4C)c3O2)c(C)c1. The Bertz CT molecular complexity index is 1230. The van der Waals surface area contributed by atoms with Crippen LogP contribution in [0.1, 0.15) is 27.8 Å². The molecule has 0 saturated carbocycles. The number of hydrogen-bond donors (Lipinski definition) is 0. The fourth-order valence-electron chi connectivity index (χ4n) is 4.05. The van der Waals surface area contributed by atoms with Crippen LogP contribution in [-0.2, 0) is 20.7 Å². The van der Waals surface area contributed by atoms with Gasteiger partial charge in [0.2, 0.25) is 6.29 Å². The predicted molar refractivity (Wildman–Crippen MR) is 114 cm³/mol. The molecule has 6 heteroatoms. The number of aryl methyl sites for hydroxylation is 4. The van der Waals surface area contributed by atoms with Crippen molar-refractivity contribution in [1.82, 2.24) is 0 Å². The van der Waals surface area contributed by atoms with Gasteiger partial charge in [0, 0.05) is 17.5 Å². The molecule has 4 rings (SSSR count). The third kappa shape index (κ3) is 3.73. The summed E-state index contributed by atoms with van der Waals surface area (Å²) in [6.07, 6.45) is -0.898. The quantitative estimate of drug-likeness (QED) is 0.525. The maximum atomic E-state index is 14.4. The lowest BCUT2D eigenvalue weighted by Gasteiger charge is -2.16. The van der Waals surface area contributed by atoms with Crippen molar-refractivity contribution in [3.8, 4) is 16.9 Å². The van der Waals surface area contributed by atoms with Crippen LogP contribution in [0.5, 0.6) is 5.75 Å². The molecule has 0 amide bonds. The summed E-state index contributed by atoms with van der Waals surface area (Å²) in [6.45, 7) is 7.52. The molecule has 1 aliphatic rings. The smallest absolute Gasteiger partial charge is 0.300 e. The molecule has 0 aromatic heterocycles. The van der Waals surface area contributed by atoms with Gasteiger partial charge in [-0.05, 0) is 68.1 Å². The highest BCUT2D eigenvalue weighted by molar-refractivity contribution is 7.86. The standard InChI is InChI=1S/C24H23FO4S/c1-14-8-9-21(17(4)10-14)30(26,27)29-22-12-18-11-19(25)13-20(24(18)28-22)23-15(2)6-5-7-16(23)3/h5-11,13,22H,12H2,1-4H3. The lowest BCUT2D eigenvalue weighted by molar-refractivity contribution is 0.0316. The van der Waals surface area contributed by atoms with Gasteiger partial charge in [0.15, 0.2) is 0 Å². The molecule has 4 nitrogen and oxygen atoms in total. The minimum atomic E-state index is -4.03. The summed E-state index contributed by atoms with van der Waals surface area (Å²) in [6, 6.07) is 13.7. The van der Waals surface area contributed by atoms with E-state index in [9.17, 15) is 12.8 Å². The van der Waals surface area contributed by atoms with E-state index in [-0.39, 0.29) is 11.3 Å². The molecule has 1 atom stereocenters. The Labute approximate surface area is 176 Å². The van der Waals surface area contributed by atoms with Gasteiger partial charge in [0.1, 0.15) is 11.6 Å². The van der Waals surface area contributed by atoms with Crippen LogP contribution in [0.15, 0.2) is 53.4 Å². The number of halogens is 1. The van der Waals surface area contributed by atoms with Crippen LogP contribution in [-0.4, -0.2) is 14.7 Å². The Hall–Kier alpha value is -2.70. The topological polar surface area (TPSA) is 52.6 Å². The first kappa shape index (κ1) is 20.6. The molecule has 1 aliphatic heterocycles. The molecular formula is C24H23FO4S. The summed E-state index contributed by atoms with van der Waals surface area (Å²) in [7, 11) is -4.03.